The van der Waals surface area contributed by atoms with Crippen molar-refractivity contribution in [3.05, 3.63) is 70.8 Å². The first-order chi connectivity index (χ1) is 9.75. The van der Waals surface area contributed by atoms with Crippen LogP contribution in [0.4, 0.5) is 0 Å². The lowest BCUT2D eigenvalue weighted by atomic mass is 9.84. The van der Waals surface area contributed by atoms with E-state index < -0.39 is 0 Å². The fraction of sp³-hybridized carbons (Fsp3) is 0.278. The second-order valence-corrected chi connectivity index (χ2v) is 5.99. The van der Waals surface area contributed by atoms with Gasteiger partial charge in [0.25, 0.3) is 0 Å². The molecule has 2 aliphatic carbocycles. The molecule has 1 fully saturated rings. The molecule has 2 unspecified atom stereocenters. The first-order valence-corrected chi connectivity index (χ1v) is 7.28. The standard InChI is InChI=1S/C18H18N2/c19-11-9-16-12-5-1-3-7-14(12)18(20)15-8-4-2-6-13(15)17(16)10-11/h1-8,11,16-17,20H,9-10,19H2. The Morgan fingerprint density at radius 1 is 0.800 bits per heavy atom. The van der Waals surface area contributed by atoms with Crippen molar-refractivity contribution < 1.29 is 0 Å². The Hall–Kier alpha value is -1.93. The molecule has 0 saturated heterocycles. The predicted octanol–water partition coefficient (Wildman–Crippen LogP) is 3.40. The van der Waals surface area contributed by atoms with Gasteiger partial charge in [-0.2, -0.15) is 0 Å². The van der Waals surface area contributed by atoms with Crippen LogP contribution in [0.1, 0.15) is 46.9 Å². The summed E-state index contributed by atoms with van der Waals surface area (Å²) in [6.45, 7) is 0. The summed E-state index contributed by atoms with van der Waals surface area (Å²) in [6, 6.07) is 17.1. The largest absolute Gasteiger partial charge is 0.328 e. The van der Waals surface area contributed by atoms with Crippen LogP contribution < -0.4 is 5.73 Å². The van der Waals surface area contributed by atoms with Gasteiger partial charge < -0.3 is 5.73 Å². The Balaban J connectivity index is 2.01. The van der Waals surface area contributed by atoms with Gasteiger partial charge in [0, 0.05) is 17.2 Å². The van der Waals surface area contributed by atoms with Gasteiger partial charge in [0.05, 0.1) is 5.71 Å². The molecule has 0 aromatic heterocycles. The van der Waals surface area contributed by atoms with Crippen molar-refractivity contribution in [1.29, 1.82) is 5.41 Å². The molecule has 0 heterocycles. The third-order valence-electron chi connectivity index (χ3n) is 4.86. The number of benzene rings is 2. The second kappa shape index (κ2) is 4.29. The Morgan fingerprint density at radius 3 is 1.75 bits per heavy atom. The lowest BCUT2D eigenvalue weighted by Gasteiger charge is -2.19. The summed E-state index contributed by atoms with van der Waals surface area (Å²) in [6.07, 6.45) is 2.06. The highest BCUT2D eigenvalue weighted by molar-refractivity contribution is 6.13. The van der Waals surface area contributed by atoms with Crippen molar-refractivity contribution in [3.8, 4) is 0 Å². The first-order valence-electron chi connectivity index (χ1n) is 7.28. The third kappa shape index (κ3) is 1.58. The topological polar surface area (TPSA) is 49.9 Å². The lowest BCUT2D eigenvalue weighted by Crippen LogP contribution is -2.16. The molecule has 1 saturated carbocycles. The highest BCUT2D eigenvalue weighted by Crippen LogP contribution is 2.49. The Kier molecular flexibility index (Phi) is 2.54. The molecule has 0 spiro atoms. The zero-order valence-electron chi connectivity index (χ0n) is 11.3. The van der Waals surface area contributed by atoms with Crippen molar-refractivity contribution in [1.82, 2.24) is 0 Å². The van der Waals surface area contributed by atoms with E-state index in [1.54, 1.807) is 0 Å². The average molecular weight is 262 g/mol. The van der Waals surface area contributed by atoms with Crippen LogP contribution in [0.25, 0.3) is 0 Å². The summed E-state index contributed by atoms with van der Waals surface area (Å²) in [7, 11) is 0. The van der Waals surface area contributed by atoms with Crippen LogP contribution in [0.3, 0.4) is 0 Å². The molecule has 4 rings (SSSR count). The van der Waals surface area contributed by atoms with Gasteiger partial charge in [-0.25, -0.2) is 0 Å². The Morgan fingerprint density at radius 2 is 1.25 bits per heavy atom. The molecule has 2 aliphatic rings. The lowest BCUT2D eigenvalue weighted by molar-refractivity contribution is 0.626. The average Bonchev–Trinajstić information content (AvgIpc) is 2.84. The molecule has 2 aromatic carbocycles. The summed E-state index contributed by atoms with van der Waals surface area (Å²) in [5.41, 5.74) is 11.7. The molecule has 2 aromatic rings. The minimum atomic E-state index is 0.276. The minimum absolute atomic E-state index is 0.276. The van der Waals surface area contributed by atoms with Crippen molar-refractivity contribution in [2.45, 2.75) is 30.7 Å². The van der Waals surface area contributed by atoms with E-state index >= 15 is 0 Å². The number of nitrogens with two attached hydrogens (primary N) is 1. The number of rotatable bonds is 0. The maximum Gasteiger partial charge on any atom is 0.0690 e. The summed E-state index contributed by atoms with van der Waals surface area (Å²) in [5, 5.41) is 8.59. The Labute approximate surface area is 119 Å². The van der Waals surface area contributed by atoms with Crippen LogP contribution >= 0.6 is 0 Å². The maximum atomic E-state index is 8.59. The van der Waals surface area contributed by atoms with Gasteiger partial charge >= 0.3 is 0 Å². The van der Waals surface area contributed by atoms with E-state index in [0.717, 1.165) is 24.0 Å². The molecule has 0 bridgehead atoms. The summed E-state index contributed by atoms with van der Waals surface area (Å²) in [4.78, 5) is 0. The zero-order chi connectivity index (χ0) is 13.7. The molecular formula is C18H18N2. The molecule has 2 heteroatoms. The molecule has 0 aliphatic heterocycles. The predicted molar refractivity (Wildman–Crippen MR) is 81.5 cm³/mol. The van der Waals surface area contributed by atoms with Crippen molar-refractivity contribution in [3.63, 3.8) is 0 Å². The van der Waals surface area contributed by atoms with Crippen molar-refractivity contribution >= 4 is 5.71 Å². The van der Waals surface area contributed by atoms with Crippen molar-refractivity contribution in [2.24, 2.45) is 5.73 Å². The molecular weight excluding hydrogens is 244 g/mol. The van der Waals surface area contributed by atoms with Crippen LogP contribution in [-0.4, -0.2) is 11.8 Å². The van der Waals surface area contributed by atoms with Crippen LogP contribution in [0.5, 0.6) is 0 Å². The summed E-state index contributed by atoms with van der Waals surface area (Å²) < 4.78 is 0. The van der Waals surface area contributed by atoms with Gasteiger partial charge in [-0.05, 0) is 35.8 Å². The van der Waals surface area contributed by atoms with E-state index in [4.69, 9.17) is 11.1 Å². The van der Waals surface area contributed by atoms with Crippen LogP contribution in [0, 0.1) is 5.41 Å². The van der Waals surface area contributed by atoms with Gasteiger partial charge in [0.15, 0.2) is 0 Å². The fourth-order valence-electron chi connectivity index (χ4n) is 4.01. The maximum absolute atomic E-state index is 8.59. The minimum Gasteiger partial charge on any atom is -0.328 e. The van der Waals surface area contributed by atoms with E-state index in [1.165, 1.54) is 11.1 Å². The molecule has 3 N–H and O–H groups in total. The monoisotopic (exact) mass is 262 g/mol. The normalized spacial score (nSPS) is 27.4. The van der Waals surface area contributed by atoms with Gasteiger partial charge in [0.2, 0.25) is 0 Å². The van der Waals surface area contributed by atoms with Crippen LogP contribution in [-0.2, 0) is 0 Å². The number of nitrogens with one attached hydrogen (secondary N) is 1. The quantitative estimate of drug-likeness (QED) is 0.751. The van der Waals surface area contributed by atoms with Crippen molar-refractivity contribution in [2.75, 3.05) is 0 Å². The molecule has 0 amide bonds. The van der Waals surface area contributed by atoms with Crippen LogP contribution in [0.2, 0.25) is 0 Å². The van der Waals surface area contributed by atoms with E-state index in [9.17, 15) is 0 Å². The fourth-order valence-corrected chi connectivity index (χ4v) is 4.01. The molecule has 2 atom stereocenters. The third-order valence-corrected chi connectivity index (χ3v) is 4.86. The van der Waals surface area contributed by atoms with E-state index in [1.807, 2.05) is 12.1 Å². The van der Waals surface area contributed by atoms with Gasteiger partial charge in [-0.15, -0.1) is 0 Å². The molecule has 0 radical (unpaired) electrons. The smallest absolute Gasteiger partial charge is 0.0690 e. The summed E-state index contributed by atoms with van der Waals surface area (Å²) in [5.74, 6) is 0.926. The Bertz CT molecular complexity index is 632. The van der Waals surface area contributed by atoms with Crippen LogP contribution in [0.15, 0.2) is 48.5 Å². The molecule has 20 heavy (non-hydrogen) atoms. The number of hydrogen-bond donors (Lipinski definition) is 2. The zero-order valence-corrected chi connectivity index (χ0v) is 11.3. The second-order valence-electron chi connectivity index (χ2n) is 5.99. The van der Waals surface area contributed by atoms with Gasteiger partial charge in [0.1, 0.15) is 0 Å². The number of hydrogen-bond acceptors (Lipinski definition) is 2. The van der Waals surface area contributed by atoms with Gasteiger partial charge in [-0.1, -0.05) is 48.5 Å². The van der Waals surface area contributed by atoms with E-state index in [2.05, 4.69) is 36.4 Å². The molecule has 2 nitrogen and oxygen atoms in total. The highest BCUT2D eigenvalue weighted by Gasteiger charge is 2.39. The number of fused-ring (bicyclic) bond motifs is 5. The first kappa shape index (κ1) is 11.9. The van der Waals surface area contributed by atoms with E-state index in [-0.39, 0.29) is 6.04 Å². The summed E-state index contributed by atoms with van der Waals surface area (Å²) >= 11 is 0. The molecule has 100 valence electrons. The SMILES string of the molecule is N=C1c2ccccc2C2CC(N)CC2c2ccccc21. The highest BCUT2D eigenvalue weighted by atomic mass is 14.7. The van der Waals surface area contributed by atoms with E-state index in [0.29, 0.717) is 17.5 Å². The van der Waals surface area contributed by atoms with Gasteiger partial charge in [-0.3, -0.25) is 5.41 Å².